The summed E-state index contributed by atoms with van der Waals surface area (Å²) in [5, 5.41) is 9.08. The Kier molecular flexibility index (Phi) is 11.8. The second kappa shape index (κ2) is 8.82. The molecule has 0 rings (SSSR count). The molecule has 112 valence electrons. The van der Waals surface area contributed by atoms with Crippen LogP contribution in [0.1, 0.15) is 83.1 Å². The minimum absolute atomic E-state index is 0. The summed E-state index contributed by atoms with van der Waals surface area (Å²) >= 11 is 0. The molecule has 0 bridgehead atoms. The standard InChI is InChI=1S/2C8H18N.Ba/c2*1-7(2,3)9-8(4,5)6;/h2*1-6H3;/q2*-1;+2. The van der Waals surface area contributed by atoms with E-state index in [1.54, 1.807) is 0 Å². The molecule has 0 aliphatic heterocycles. The van der Waals surface area contributed by atoms with E-state index in [1.807, 2.05) is 0 Å². The number of hydrogen-bond donors (Lipinski definition) is 0. The SMILES string of the molecule is CC(C)(C)[N-]C(C)(C)C.CC(C)(C)[N-]C(C)(C)C.[Ba+2]. The van der Waals surface area contributed by atoms with Crippen molar-refractivity contribution in [2.45, 2.75) is 105 Å². The number of hydrogen-bond acceptors (Lipinski definition) is 0. The molecule has 19 heavy (non-hydrogen) atoms. The summed E-state index contributed by atoms with van der Waals surface area (Å²) in [6, 6.07) is 0. The van der Waals surface area contributed by atoms with Crippen molar-refractivity contribution >= 4 is 48.9 Å². The summed E-state index contributed by atoms with van der Waals surface area (Å²) < 4.78 is 0. The van der Waals surface area contributed by atoms with Gasteiger partial charge in [0.15, 0.2) is 0 Å². The average molecular weight is 394 g/mol. The molecule has 3 heteroatoms. The Hall–Kier alpha value is 1.49. The minimum Gasteiger partial charge on any atom is -0.653 e. The molecule has 0 saturated carbocycles. The first-order valence-corrected chi connectivity index (χ1v) is 6.89. The first-order valence-electron chi connectivity index (χ1n) is 6.89. The zero-order chi connectivity index (χ0) is 15.4. The predicted octanol–water partition coefficient (Wildman–Crippen LogP) is 5.53. The Balaban J connectivity index is -0.000000256. The van der Waals surface area contributed by atoms with Gasteiger partial charge in [-0.15, -0.1) is 22.2 Å². The van der Waals surface area contributed by atoms with Gasteiger partial charge in [0, 0.05) is 0 Å². The van der Waals surface area contributed by atoms with Crippen LogP contribution in [0.25, 0.3) is 10.6 Å². The van der Waals surface area contributed by atoms with Gasteiger partial charge in [-0.1, -0.05) is 83.1 Å². The molecule has 0 atom stereocenters. The molecule has 0 aromatic carbocycles. The van der Waals surface area contributed by atoms with Gasteiger partial charge in [-0.25, -0.2) is 0 Å². The van der Waals surface area contributed by atoms with Crippen LogP contribution in [0.3, 0.4) is 0 Å². The van der Waals surface area contributed by atoms with Crippen LogP contribution < -0.4 is 0 Å². The molecule has 2 nitrogen and oxygen atoms in total. The molecule has 0 fully saturated rings. The van der Waals surface area contributed by atoms with E-state index in [0.717, 1.165) is 0 Å². The zero-order valence-corrected chi connectivity index (χ0v) is 20.0. The molecule has 0 heterocycles. The molecule has 0 aliphatic rings. The van der Waals surface area contributed by atoms with Crippen LogP contribution in [-0.2, 0) is 0 Å². The normalized spacial score (nSPS) is 13.3. The van der Waals surface area contributed by atoms with Gasteiger partial charge >= 0.3 is 48.9 Å². The molecule has 0 saturated heterocycles. The van der Waals surface area contributed by atoms with Crippen molar-refractivity contribution in [3.8, 4) is 0 Å². The van der Waals surface area contributed by atoms with Gasteiger partial charge in [0.2, 0.25) is 0 Å². The first-order chi connectivity index (χ1) is 7.41. The van der Waals surface area contributed by atoms with E-state index in [-0.39, 0.29) is 71.0 Å². The maximum Gasteiger partial charge on any atom is 2.00 e. The van der Waals surface area contributed by atoms with E-state index in [4.69, 9.17) is 0 Å². The third kappa shape index (κ3) is 32.8. The summed E-state index contributed by atoms with van der Waals surface area (Å²) in [4.78, 5) is 0. The topological polar surface area (TPSA) is 28.2 Å². The van der Waals surface area contributed by atoms with Crippen LogP contribution in [0.15, 0.2) is 0 Å². The van der Waals surface area contributed by atoms with E-state index in [0.29, 0.717) is 0 Å². The molecular weight excluding hydrogens is 358 g/mol. The molecule has 0 amide bonds. The minimum atomic E-state index is 0. The molecule has 0 unspecified atom stereocenters. The third-order valence-electron chi connectivity index (χ3n) is 1.34. The molecule has 0 radical (unpaired) electrons. The van der Waals surface area contributed by atoms with Crippen molar-refractivity contribution in [2.24, 2.45) is 0 Å². The summed E-state index contributed by atoms with van der Waals surface area (Å²) in [5.74, 6) is 0. The van der Waals surface area contributed by atoms with E-state index < -0.39 is 0 Å². The van der Waals surface area contributed by atoms with Crippen molar-refractivity contribution in [1.29, 1.82) is 0 Å². The third-order valence-corrected chi connectivity index (χ3v) is 1.34. The molecular formula is C16H36BaN2. The summed E-state index contributed by atoms with van der Waals surface area (Å²) in [6.45, 7) is 25.5. The van der Waals surface area contributed by atoms with Crippen LogP contribution in [0.2, 0.25) is 0 Å². The van der Waals surface area contributed by atoms with Crippen LogP contribution in [0, 0.1) is 0 Å². The van der Waals surface area contributed by atoms with Crippen molar-refractivity contribution in [2.75, 3.05) is 0 Å². The van der Waals surface area contributed by atoms with Crippen molar-refractivity contribution < 1.29 is 0 Å². The fourth-order valence-electron chi connectivity index (χ4n) is 2.01. The molecule has 0 aliphatic carbocycles. The van der Waals surface area contributed by atoms with Gasteiger partial charge in [0.05, 0.1) is 0 Å². The van der Waals surface area contributed by atoms with Gasteiger partial charge < -0.3 is 10.6 Å². The predicted molar refractivity (Wildman–Crippen MR) is 91.5 cm³/mol. The Bertz CT molecular complexity index is 171. The van der Waals surface area contributed by atoms with E-state index >= 15 is 0 Å². The number of nitrogens with zero attached hydrogens (tertiary/aromatic N) is 2. The molecule has 0 aromatic rings. The van der Waals surface area contributed by atoms with Crippen molar-refractivity contribution in [1.82, 2.24) is 0 Å². The van der Waals surface area contributed by atoms with Gasteiger partial charge in [-0.2, -0.15) is 0 Å². The van der Waals surface area contributed by atoms with E-state index in [2.05, 4.69) is 93.7 Å². The van der Waals surface area contributed by atoms with Crippen molar-refractivity contribution in [3.63, 3.8) is 0 Å². The van der Waals surface area contributed by atoms with Gasteiger partial charge in [-0.3, -0.25) is 0 Å². The average Bonchev–Trinajstić information content (AvgIpc) is 1.64. The quantitative estimate of drug-likeness (QED) is 0.484. The second-order valence-electron chi connectivity index (χ2n) is 8.91. The Labute approximate surface area is 163 Å². The molecule has 0 spiro atoms. The summed E-state index contributed by atoms with van der Waals surface area (Å²) in [7, 11) is 0. The Morgan fingerprint density at radius 1 is 0.368 bits per heavy atom. The van der Waals surface area contributed by atoms with Crippen LogP contribution >= 0.6 is 0 Å². The van der Waals surface area contributed by atoms with Gasteiger partial charge in [-0.05, 0) is 0 Å². The fraction of sp³-hybridized carbons (Fsp3) is 1.00. The molecule has 0 aromatic heterocycles. The number of rotatable bonds is 0. The van der Waals surface area contributed by atoms with Gasteiger partial charge in [0.1, 0.15) is 0 Å². The Morgan fingerprint density at radius 3 is 0.474 bits per heavy atom. The maximum atomic E-state index is 4.54. The summed E-state index contributed by atoms with van der Waals surface area (Å²) in [6.07, 6.45) is 0. The largest absolute Gasteiger partial charge is 2.00 e. The van der Waals surface area contributed by atoms with Gasteiger partial charge in [0.25, 0.3) is 0 Å². The first kappa shape index (κ1) is 25.4. The smallest absolute Gasteiger partial charge is 0.653 e. The van der Waals surface area contributed by atoms with Crippen molar-refractivity contribution in [3.05, 3.63) is 10.6 Å². The van der Waals surface area contributed by atoms with Crippen LogP contribution in [-0.4, -0.2) is 71.0 Å². The summed E-state index contributed by atoms with van der Waals surface area (Å²) in [5.41, 5.74) is 0.438. The van der Waals surface area contributed by atoms with Crippen LogP contribution in [0.4, 0.5) is 0 Å². The van der Waals surface area contributed by atoms with E-state index in [1.165, 1.54) is 0 Å². The van der Waals surface area contributed by atoms with E-state index in [9.17, 15) is 0 Å². The monoisotopic (exact) mass is 394 g/mol. The fourth-order valence-corrected chi connectivity index (χ4v) is 2.01. The second-order valence-corrected chi connectivity index (χ2v) is 8.91. The van der Waals surface area contributed by atoms with Crippen LogP contribution in [0.5, 0.6) is 0 Å². The zero-order valence-electron chi connectivity index (χ0n) is 15.6. The molecule has 0 N–H and O–H groups in total. The Morgan fingerprint density at radius 2 is 0.474 bits per heavy atom. The maximum absolute atomic E-state index is 4.54.